The Morgan fingerprint density at radius 3 is 2.57 bits per heavy atom. The van der Waals surface area contributed by atoms with Crippen LogP contribution in [0.4, 0.5) is 5.00 Å². The molecule has 0 unspecified atom stereocenters. The van der Waals surface area contributed by atoms with E-state index < -0.39 is 0 Å². The van der Waals surface area contributed by atoms with Crippen LogP contribution in [-0.2, 0) is 17.8 Å². The van der Waals surface area contributed by atoms with Crippen molar-refractivity contribution in [2.75, 3.05) is 5.32 Å². The molecule has 0 saturated heterocycles. The molecule has 2 N–H and O–H groups in total. The molecule has 0 spiro atoms. The van der Waals surface area contributed by atoms with Gasteiger partial charge >= 0.3 is 0 Å². The number of benzene rings is 1. The van der Waals surface area contributed by atoms with Crippen molar-refractivity contribution in [1.29, 1.82) is 0 Å². The van der Waals surface area contributed by atoms with Gasteiger partial charge in [-0.3, -0.25) is 14.6 Å². The van der Waals surface area contributed by atoms with Crippen molar-refractivity contribution < 1.29 is 9.59 Å². The number of hydrogen-bond acceptors (Lipinski definition) is 4. The third kappa shape index (κ3) is 4.64. The van der Waals surface area contributed by atoms with E-state index in [1.807, 2.05) is 57.2 Å². The predicted molar refractivity (Wildman–Crippen MR) is 113 cm³/mol. The SMILES string of the molecule is Cc1ccccc1CC(=O)Nc1sc(C)c(C)c1C(=O)NCc1cccnc1. The molecule has 2 aromatic heterocycles. The fraction of sp³-hybridized carbons (Fsp3) is 0.227. The first kappa shape index (κ1) is 19.8. The molecular weight excluding hydrogens is 370 g/mol. The van der Waals surface area contributed by atoms with E-state index in [2.05, 4.69) is 15.6 Å². The molecule has 2 heterocycles. The van der Waals surface area contributed by atoms with E-state index in [0.717, 1.165) is 27.1 Å². The summed E-state index contributed by atoms with van der Waals surface area (Å²) in [5.41, 5.74) is 4.40. The van der Waals surface area contributed by atoms with Crippen LogP contribution in [0.1, 0.15) is 37.5 Å². The molecule has 1 aromatic carbocycles. The van der Waals surface area contributed by atoms with Gasteiger partial charge in [0.05, 0.1) is 12.0 Å². The van der Waals surface area contributed by atoms with E-state index in [4.69, 9.17) is 0 Å². The number of aromatic nitrogens is 1. The normalized spacial score (nSPS) is 10.5. The molecule has 144 valence electrons. The van der Waals surface area contributed by atoms with Gasteiger partial charge in [0, 0.05) is 23.8 Å². The van der Waals surface area contributed by atoms with E-state index in [1.165, 1.54) is 11.3 Å². The summed E-state index contributed by atoms with van der Waals surface area (Å²) in [4.78, 5) is 30.4. The van der Waals surface area contributed by atoms with E-state index in [9.17, 15) is 9.59 Å². The van der Waals surface area contributed by atoms with Crippen molar-refractivity contribution in [3.05, 3.63) is 81.5 Å². The van der Waals surface area contributed by atoms with Crippen LogP contribution in [0.25, 0.3) is 0 Å². The maximum Gasteiger partial charge on any atom is 0.254 e. The maximum absolute atomic E-state index is 12.8. The Labute approximate surface area is 168 Å². The maximum atomic E-state index is 12.8. The van der Waals surface area contributed by atoms with Crippen molar-refractivity contribution in [2.45, 2.75) is 33.7 Å². The third-order valence-electron chi connectivity index (χ3n) is 4.65. The lowest BCUT2D eigenvalue weighted by molar-refractivity contribution is -0.115. The number of carbonyl (C=O) groups is 2. The summed E-state index contributed by atoms with van der Waals surface area (Å²) < 4.78 is 0. The molecule has 6 heteroatoms. The lowest BCUT2D eigenvalue weighted by atomic mass is 10.1. The Morgan fingerprint density at radius 2 is 1.86 bits per heavy atom. The number of nitrogens with one attached hydrogen (secondary N) is 2. The molecule has 0 aliphatic carbocycles. The van der Waals surface area contributed by atoms with E-state index in [-0.39, 0.29) is 18.2 Å². The van der Waals surface area contributed by atoms with Gasteiger partial charge < -0.3 is 10.6 Å². The van der Waals surface area contributed by atoms with Crippen LogP contribution in [-0.4, -0.2) is 16.8 Å². The van der Waals surface area contributed by atoms with E-state index >= 15 is 0 Å². The number of hydrogen-bond donors (Lipinski definition) is 2. The van der Waals surface area contributed by atoms with Crippen LogP contribution in [0.2, 0.25) is 0 Å². The van der Waals surface area contributed by atoms with Gasteiger partial charge in [-0.1, -0.05) is 30.3 Å². The number of amides is 2. The molecule has 3 aromatic rings. The molecular formula is C22H23N3O2S. The number of aryl methyl sites for hydroxylation is 2. The zero-order chi connectivity index (χ0) is 20.1. The number of carbonyl (C=O) groups excluding carboxylic acids is 2. The van der Waals surface area contributed by atoms with Gasteiger partial charge in [0.25, 0.3) is 5.91 Å². The molecule has 5 nitrogen and oxygen atoms in total. The Kier molecular flexibility index (Phi) is 6.21. The van der Waals surface area contributed by atoms with Gasteiger partial charge in [0.15, 0.2) is 0 Å². The van der Waals surface area contributed by atoms with E-state index in [0.29, 0.717) is 17.1 Å². The van der Waals surface area contributed by atoms with Crippen molar-refractivity contribution in [2.24, 2.45) is 0 Å². The van der Waals surface area contributed by atoms with Crippen LogP contribution < -0.4 is 10.6 Å². The summed E-state index contributed by atoms with van der Waals surface area (Å²) in [6, 6.07) is 11.5. The van der Waals surface area contributed by atoms with Crippen LogP contribution in [0.5, 0.6) is 0 Å². The molecule has 0 fully saturated rings. The Morgan fingerprint density at radius 1 is 1.07 bits per heavy atom. The minimum atomic E-state index is -0.197. The molecule has 0 aliphatic rings. The van der Waals surface area contributed by atoms with Gasteiger partial charge in [-0.15, -0.1) is 11.3 Å². The summed E-state index contributed by atoms with van der Waals surface area (Å²) in [6.07, 6.45) is 3.69. The topological polar surface area (TPSA) is 71.1 Å². The molecule has 2 amide bonds. The average molecular weight is 394 g/mol. The number of rotatable bonds is 6. The molecule has 0 aliphatic heterocycles. The van der Waals surface area contributed by atoms with Gasteiger partial charge in [0.2, 0.25) is 5.91 Å². The highest BCUT2D eigenvalue weighted by atomic mass is 32.1. The van der Waals surface area contributed by atoms with Crippen molar-refractivity contribution >= 4 is 28.2 Å². The second-order valence-corrected chi connectivity index (χ2v) is 7.91. The summed E-state index contributed by atoms with van der Waals surface area (Å²) in [6.45, 7) is 6.23. The molecule has 28 heavy (non-hydrogen) atoms. The quantitative estimate of drug-likeness (QED) is 0.660. The first-order chi connectivity index (χ1) is 13.5. The average Bonchev–Trinajstić information content (AvgIpc) is 2.96. The summed E-state index contributed by atoms with van der Waals surface area (Å²) in [7, 11) is 0. The highest BCUT2D eigenvalue weighted by molar-refractivity contribution is 7.16. The summed E-state index contributed by atoms with van der Waals surface area (Å²) >= 11 is 1.43. The van der Waals surface area contributed by atoms with Crippen LogP contribution in [0.15, 0.2) is 48.8 Å². The molecule has 0 atom stereocenters. The summed E-state index contributed by atoms with van der Waals surface area (Å²) in [5, 5.41) is 6.45. The molecule has 0 bridgehead atoms. The van der Waals surface area contributed by atoms with Gasteiger partial charge in [-0.05, 0) is 49.1 Å². The minimum absolute atomic E-state index is 0.128. The highest BCUT2D eigenvalue weighted by Crippen LogP contribution is 2.32. The second kappa shape index (κ2) is 8.80. The van der Waals surface area contributed by atoms with Crippen LogP contribution in [0.3, 0.4) is 0 Å². The monoisotopic (exact) mass is 393 g/mol. The highest BCUT2D eigenvalue weighted by Gasteiger charge is 2.21. The fourth-order valence-electron chi connectivity index (χ4n) is 2.91. The molecule has 0 saturated carbocycles. The molecule has 0 radical (unpaired) electrons. The van der Waals surface area contributed by atoms with Crippen molar-refractivity contribution in [3.63, 3.8) is 0 Å². The number of nitrogens with zero attached hydrogens (tertiary/aromatic N) is 1. The lowest BCUT2D eigenvalue weighted by Gasteiger charge is -2.10. The Balaban J connectivity index is 1.73. The Bertz CT molecular complexity index is 996. The Hall–Kier alpha value is -2.99. The van der Waals surface area contributed by atoms with Gasteiger partial charge in [-0.25, -0.2) is 0 Å². The van der Waals surface area contributed by atoms with Crippen molar-refractivity contribution in [1.82, 2.24) is 10.3 Å². The standard InChI is InChI=1S/C22H23N3O2S/c1-14-7-4-5-9-18(14)11-19(26)25-22-20(15(2)16(3)28-22)21(27)24-13-17-8-6-10-23-12-17/h4-10,12H,11,13H2,1-3H3,(H,24,27)(H,25,26). The third-order valence-corrected chi connectivity index (χ3v) is 5.78. The number of thiophene rings is 1. The van der Waals surface area contributed by atoms with Gasteiger partial charge in [0.1, 0.15) is 5.00 Å². The van der Waals surface area contributed by atoms with E-state index in [1.54, 1.807) is 12.4 Å². The predicted octanol–water partition coefficient (Wildman–Crippen LogP) is 4.18. The zero-order valence-electron chi connectivity index (χ0n) is 16.2. The summed E-state index contributed by atoms with van der Waals surface area (Å²) in [5.74, 6) is -0.325. The lowest BCUT2D eigenvalue weighted by Crippen LogP contribution is -2.25. The van der Waals surface area contributed by atoms with Crippen molar-refractivity contribution in [3.8, 4) is 0 Å². The van der Waals surface area contributed by atoms with Crippen LogP contribution in [0, 0.1) is 20.8 Å². The number of pyridine rings is 1. The molecule has 3 rings (SSSR count). The second-order valence-electron chi connectivity index (χ2n) is 6.68. The first-order valence-corrected chi connectivity index (χ1v) is 9.88. The smallest absolute Gasteiger partial charge is 0.254 e. The zero-order valence-corrected chi connectivity index (χ0v) is 17.0. The minimum Gasteiger partial charge on any atom is -0.348 e. The first-order valence-electron chi connectivity index (χ1n) is 9.07. The van der Waals surface area contributed by atoms with Crippen LogP contribution >= 0.6 is 11.3 Å². The number of anilines is 1. The fourth-order valence-corrected chi connectivity index (χ4v) is 3.99. The largest absolute Gasteiger partial charge is 0.348 e. The van der Waals surface area contributed by atoms with Gasteiger partial charge in [-0.2, -0.15) is 0 Å².